The Morgan fingerprint density at radius 1 is 1.24 bits per heavy atom. The van der Waals surface area contributed by atoms with Gasteiger partial charge in [0.25, 0.3) is 0 Å². The van der Waals surface area contributed by atoms with Crippen molar-refractivity contribution in [2.45, 2.75) is 58.5 Å². The summed E-state index contributed by atoms with van der Waals surface area (Å²) in [4.78, 5) is 2.45. The normalized spacial score (nSPS) is 28.2. The minimum Gasteiger partial charge on any atom is -0.311 e. The van der Waals surface area contributed by atoms with Gasteiger partial charge in [0.15, 0.2) is 9.84 Å². The summed E-state index contributed by atoms with van der Waals surface area (Å²) in [5, 5.41) is 3.70. The van der Waals surface area contributed by atoms with Crippen LogP contribution in [0.5, 0.6) is 0 Å². The Labute approximate surface area is 130 Å². The number of sulfone groups is 1. The van der Waals surface area contributed by atoms with E-state index in [-0.39, 0.29) is 0 Å². The van der Waals surface area contributed by atoms with Crippen molar-refractivity contribution in [2.24, 2.45) is 11.8 Å². The zero-order valence-corrected chi connectivity index (χ0v) is 14.7. The first-order valence-corrected chi connectivity index (χ1v) is 10.4. The molecule has 2 aliphatic rings. The average molecular weight is 317 g/mol. The standard InChI is InChI=1S/C16H32N2O2S/c1-4-8-21(19,20)9-7-18-12-16(14-5-6-14)17-11-15(18)10-13(2)3/h13-17H,4-12H2,1-3H3. The highest BCUT2D eigenvalue weighted by molar-refractivity contribution is 7.91. The van der Waals surface area contributed by atoms with Crippen LogP contribution in [0.2, 0.25) is 0 Å². The van der Waals surface area contributed by atoms with Gasteiger partial charge in [-0.1, -0.05) is 20.8 Å². The lowest BCUT2D eigenvalue weighted by Crippen LogP contribution is -2.58. The summed E-state index contributed by atoms with van der Waals surface area (Å²) in [5.74, 6) is 2.15. The van der Waals surface area contributed by atoms with Crippen molar-refractivity contribution in [2.75, 3.05) is 31.1 Å². The maximum Gasteiger partial charge on any atom is 0.151 e. The molecule has 0 bridgehead atoms. The van der Waals surface area contributed by atoms with E-state index < -0.39 is 9.84 Å². The first-order chi connectivity index (χ1) is 9.91. The van der Waals surface area contributed by atoms with Gasteiger partial charge >= 0.3 is 0 Å². The number of hydrogen-bond acceptors (Lipinski definition) is 4. The first-order valence-electron chi connectivity index (χ1n) is 8.59. The third-order valence-corrected chi connectivity index (χ3v) is 6.54. The Bertz CT molecular complexity index is 418. The quantitative estimate of drug-likeness (QED) is 0.743. The second-order valence-corrected chi connectivity index (χ2v) is 9.59. The van der Waals surface area contributed by atoms with Crippen LogP contribution in [0.4, 0.5) is 0 Å². The minimum atomic E-state index is -2.87. The predicted molar refractivity (Wildman–Crippen MR) is 88.3 cm³/mol. The lowest BCUT2D eigenvalue weighted by molar-refractivity contribution is 0.114. The predicted octanol–water partition coefficient (Wildman–Crippen LogP) is 1.91. The van der Waals surface area contributed by atoms with Gasteiger partial charge in [-0.2, -0.15) is 0 Å². The molecule has 5 heteroatoms. The summed E-state index contributed by atoms with van der Waals surface area (Å²) in [6.07, 6.45) is 4.56. The molecule has 21 heavy (non-hydrogen) atoms. The number of nitrogens with zero attached hydrogens (tertiary/aromatic N) is 1. The Balaban J connectivity index is 1.92. The molecule has 2 fully saturated rings. The smallest absolute Gasteiger partial charge is 0.151 e. The molecule has 1 saturated heterocycles. The van der Waals surface area contributed by atoms with Crippen molar-refractivity contribution in [3.05, 3.63) is 0 Å². The van der Waals surface area contributed by atoms with Crippen molar-refractivity contribution in [3.8, 4) is 0 Å². The van der Waals surface area contributed by atoms with Gasteiger partial charge < -0.3 is 5.32 Å². The summed E-state index contributed by atoms with van der Waals surface area (Å²) >= 11 is 0. The van der Waals surface area contributed by atoms with Gasteiger partial charge in [0, 0.05) is 37.5 Å². The molecule has 2 unspecified atom stereocenters. The molecule has 0 radical (unpaired) electrons. The minimum absolute atomic E-state index is 0.326. The molecule has 0 aromatic heterocycles. The van der Waals surface area contributed by atoms with Gasteiger partial charge in [-0.05, 0) is 37.5 Å². The van der Waals surface area contributed by atoms with E-state index in [9.17, 15) is 8.42 Å². The fraction of sp³-hybridized carbons (Fsp3) is 1.00. The molecule has 4 nitrogen and oxygen atoms in total. The molecule has 0 aromatic rings. The van der Waals surface area contributed by atoms with Crippen LogP contribution in [0.25, 0.3) is 0 Å². The number of rotatable bonds is 8. The molecular weight excluding hydrogens is 284 g/mol. The van der Waals surface area contributed by atoms with E-state index in [1.165, 1.54) is 12.8 Å². The van der Waals surface area contributed by atoms with Gasteiger partial charge in [-0.25, -0.2) is 8.42 Å². The molecule has 1 aliphatic heterocycles. The van der Waals surface area contributed by atoms with Crippen LogP contribution in [0.1, 0.15) is 46.5 Å². The molecule has 2 rings (SSSR count). The zero-order valence-electron chi connectivity index (χ0n) is 13.8. The highest BCUT2D eigenvalue weighted by Gasteiger charge is 2.37. The Morgan fingerprint density at radius 3 is 2.52 bits per heavy atom. The van der Waals surface area contributed by atoms with Crippen LogP contribution < -0.4 is 5.32 Å². The number of nitrogens with one attached hydrogen (secondary N) is 1. The average Bonchev–Trinajstić information content (AvgIpc) is 3.21. The van der Waals surface area contributed by atoms with E-state index in [2.05, 4.69) is 24.1 Å². The van der Waals surface area contributed by atoms with E-state index in [4.69, 9.17) is 0 Å². The Morgan fingerprint density at radius 2 is 1.95 bits per heavy atom. The van der Waals surface area contributed by atoms with E-state index in [1.54, 1.807) is 0 Å². The first kappa shape index (κ1) is 17.2. The van der Waals surface area contributed by atoms with Crippen LogP contribution in [-0.2, 0) is 9.84 Å². The van der Waals surface area contributed by atoms with E-state index in [0.717, 1.165) is 31.8 Å². The SMILES string of the molecule is CCCS(=O)(=O)CCN1CC(C2CC2)NCC1CC(C)C. The third kappa shape index (κ3) is 5.53. The van der Waals surface area contributed by atoms with Crippen molar-refractivity contribution < 1.29 is 8.42 Å². The lowest BCUT2D eigenvalue weighted by Gasteiger charge is -2.41. The highest BCUT2D eigenvalue weighted by Crippen LogP contribution is 2.34. The van der Waals surface area contributed by atoms with Crippen molar-refractivity contribution in [1.82, 2.24) is 10.2 Å². The van der Waals surface area contributed by atoms with Crippen molar-refractivity contribution in [3.63, 3.8) is 0 Å². The number of hydrogen-bond donors (Lipinski definition) is 1. The van der Waals surface area contributed by atoms with Gasteiger partial charge in [-0.15, -0.1) is 0 Å². The second-order valence-electron chi connectivity index (χ2n) is 7.28. The third-order valence-electron chi connectivity index (χ3n) is 4.70. The summed E-state index contributed by atoms with van der Waals surface area (Å²) in [6.45, 7) is 9.20. The number of piperazine rings is 1. The fourth-order valence-electron chi connectivity index (χ4n) is 3.42. The Hall–Kier alpha value is -0.130. The van der Waals surface area contributed by atoms with E-state index >= 15 is 0 Å². The van der Waals surface area contributed by atoms with E-state index in [1.807, 2.05) is 6.92 Å². The maximum atomic E-state index is 12.0. The summed E-state index contributed by atoms with van der Waals surface area (Å²) in [6, 6.07) is 1.08. The van der Waals surface area contributed by atoms with E-state index in [0.29, 0.717) is 36.1 Å². The van der Waals surface area contributed by atoms with Crippen LogP contribution in [0.15, 0.2) is 0 Å². The van der Waals surface area contributed by atoms with Crippen molar-refractivity contribution >= 4 is 9.84 Å². The lowest BCUT2D eigenvalue weighted by atomic mass is 9.98. The highest BCUT2D eigenvalue weighted by atomic mass is 32.2. The maximum absolute atomic E-state index is 12.0. The molecule has 0 amide bonds. The van der Waals surface area contributed by atoms with Gasteiger partial charge in [0.2, 0.25) is 0 Å². The summed E-state index contributed by atoms with van der Waals surface area (Å²) in [7, 11) is -2.87. The fourth-order valence-corrected chi connectivity index (χ4v) is 4.76. The summed E-state index contributed by atoms with van der Waals surface area (Å²) < 4.78 is 24.0. The van der Waals surface area contributed by atoms with Gasteiger partial charge in [0.05, 0.1) is 5.75 Å². The van der Waals surface area contributed by atoms with Gasteiger partial charge in [-0.3, -0.25) is 4.90 Å². The monoisotopic (exact) mass is 316 g/mol. The zero-order chi connectivity index (χ0) is 15.5. The van der Waals surface area contributed by atoms with Crippen LogP contribution in [-0.4, -0.2) is 56.5 Å². The second kappa shape index (κ2) is 7.42. The van der Waals surface area contributed by atoms with Crippen LogP contribution in [0.3, 0.4) is 0 Å². The molecule has 0 aromatic carbocycles. The molecule has 0 spiro atoms. The summed E-state index contributed by atoms with van der Waals surface area (Å²) in [5.41, 5.74) is 0. The molecule has 1 heterocycles. The molecule has 2 atom stereocenters. The molecule has 1 saturated carbocycles. The van der Waals surface area contributed by atoms with Gasteiger partial charge in [0.1, 0.15) is 0 Å². The van der Waals surface area contributed by atoms with Crippen LogP contribution in [0, 0.1) is 11.8 Å². The van der Waals surface area contributed by atoms with Crippen LogP contribution >= 0.6 is 0 Å². The molecule has 1 aliphatic carbocycles. The molecule has 124 valence electrons. The Kier molecular flexibility index (Phi) is 6.09. The largest absolute Gasteiger partial charge is 0.311 e. The topological polar surface area (TPSA) is 49.4 Å². The molecule has 1 N–H and O–H groups in total. The molecular formula is C16H32N2O2S. The van der Waals surface area contributed by atoms with Crippen molar-refractivity contribution in [1.29, 1.82) is 0 Å².